The van der Waals surface area contributed by atoms with Crippen molar-refractivity contribution in [3.05, 3.63) is 53.0 Å². The zero-order chi connectivity index (χ0) is 24.0. The van der Waals surface area contributed by atoms with Crippen LogP contribution in [0.1, 0.15) is 19.8 Å². The fourth-order valence-electron chi connectivity index (χ4n) is 4.43. The summed E-state index contributed by atoms with van der Waals surface area (Å²) in [6, 6.07) is 6.68. The van der Waals surface area contributed by atoms with Crippen molar-refractivity contribution in [2.24, 2.45) is 7.05 Å². The molecule has 1 unspecified atom stereocenters. The number of hydrogen-bond donors (Lipinski definition) is 0. The number of aryl methyl sites for hydroxylation is 1. The zero-order valence-corrected chi connectivity index (χ0v) is 19.8. The summed E-state index contributed by atoms with van der Waals surface area (Å²) in [4.78, 5) is 24.0. The first-order valence-corrected chi connectivity index (χ1v) is 11.4. The van der Waals surface area contributed by atoms with Gasteiger partial charge >= 0.3 is 5.69 Å². The van der Waals surface area contributed by atoms with Gasteiger partial charge in [0.25, 0.3) is 0 Å². The van der Waals surface area contributed by atoms with Crippen LogP contribution in [-0.4, -0.2) is 57.9 Å². The Labute approximate surface area is 196 Å². The predicted octanol–water partition coefficient (Wildman–Crippen LogP) is 3.51. The summed E-state index contributed by atoms with van der Waals surface area (Å²) in [5.74, 6) is 0.0939. The molecule has 34 heavy (non-hydrogen) atoms. The summed E-state index contributed by atoms with van der Waals surface area (Å²) in [7, 11) is 5.74. The molecule has 1 aliphatic rings. The number of nitrogens with zero attached hydrogens (tertiary/aromatic N) is 5. The van der Waals surface area contributed by atoms with Gasteiger partial charge in [0.1, 0.15) is 11.5 Å². The average molecular weight is 466 g/mol. The molecule has 0 N–H and O–H groups in total. The second-order valence-corrected chi connectivity index (χ2v) is 9.18. The highest BCUT2D eigenvalue weighted by atomic mass is 19.1. The summed E-state index contributed by atoms with van der Waals surface area (Å²) >= 11 is 0. The van der Waals surface area contributed by atoms with Gasteiger partial charge in [-0.05, 0) is 39.6 Å². The predicted molar refractivity (Wildman–Crippen MR) is 129 cm³/mol. The minimum Gasteiger partial charge on any atom is -0.478 e. The first-order valence-electron chi connectivity index (χ1n) is 11.4. The van der Waals surface area contributed by atoms with Crippen molar-refractivity contribution in [2.75, 3.05) is 33.9 Å². The second-order valence-electron chi connectivity index (χ2n) is 9.18. The highest BCUT2D eigenvalue weighted by molar-refractivity contribution is 6.04. The molecule has 1 fully saturated rings. The monoisotopic (exact) mass is 465 g/mol. The number of pyridine rings is 2. The number of halogens is 1. The fourth-order valence-corrected chi connectivity index (χ4v) is 4.43. The van der Waals surface area contributed by atoms with Crippen molar-refractivity contribution in [2.45, 2.75) is 25.5 Å². The van der Waals surface area contributed by atoms with Gasteiger partial charge in [0, 0.05) is 54.9 Å². The minimum absolute atomic E-state index is 0.185. The molecule has 0 spiro atoms. The molecule has 0 aliphatic carbocycles. The lowest BCUT2D eigenvalue weighted by molar-refractivity contribution is -0.190. The van der Waals surface area contributed by atoms with Gasteiger partial charge < -0.3 is 14.4 Å². The minimum atomic E-state index is -0.730. The van der Waals surface area contributed by atoms with Crippen molar-refractivity contribution >= 4 is 21.9 Å². The van der Waals surface area contributed by atoms with E-state index in [4.69, 9.17) is 9.47 Å². The number of rotatable bonds is 7. The Kier molecular flexibility index (Phi) is 5.61. The van der Waals surface area contributed by atoms with E-state index in [0.717, 1.165) is 19.4 Å². The van der Waals surface area contributed by atoms with Crippen LogP contribution < -0.4 is 10.4 Å². The third-order valence-electron chi connectivity index (χ3n) is 6.47. The van der Waals surface area contributed by atoms with Crippen molar-refractivity contribution < 1.29 is 13.9 Å². The molecule has 9 heteroatoms. The van der Waals surface area contributed by atoms with Crippen molar-refractivity contribution in [1.29, 1.82) is 0 Å². The third kappa shape index (κ3) is 3.74. The molecule has 8 nitrogen and oxygen atoms in total. The average Bonchev–Trinajstić information content (AvgIpc) is 3.05. The van der Waals surface area contributed by atoms with E-state index in [-0.39, 0.29) is 5.69 Å². The molecule has 4 heterocycles. The van der Waals surface area contributed by atoms with Gasteiger partial charge in [0.2, 0.25) is 5.88 Å². The molecule has 0 radical (unpaired) electrons. The summed E-state index contributed by atoms with van der Waals surface area (Å²) < 4.78 is 29.8. The molecular formula is C25H28FN5O3. The first-order chi connectivity index (χ1) is 16.3. The van der Waals surface area contributed by atoms with E-state index in [2.05, 4.69) is 14.9 Å². The summed E-state index contributed by atoms with van der Waals surface area (Å²) in [5.41, 5.74) is 1.93. The quantitative estimate of drug-likeness (QED) is 0.389. The maximum Gasteiger partial charge on any atom is 0.331 e. The lowest BCUT2D eigenvalue weighted by atomic mass is 10.0. The van der Waals surface area contributed by atoms with Crippen LogP contribution >= 0.6 is 0 Å². The van der Waals surface area contributed by atoms with E-state index in [9.17, 15) is 4.79 Å². The van der Waals surface area contributed by atoms with Gasteiger partial charge in [-0.25, -0.2) is 14.2 Å². The van der Waals surface area contributed by atoms with Crippen molar-refractivity contribution in [1.82, 2.24) is 24.0 Å². The fraction of sp³-hybridized carbons (Fsp3) is 0.400. The van der Waals surface area contributed by atoms with Crippen LogP contribution in [0.4, 0.5) is 4.39 Å². The van der Waals surface area contributed by atoms with Crippen LogP contribution in [0.3, 0.4) is 0 Å². The van der Waals surface area contributed by atoms with Gasteiger partial charge in [-0.15, -0.1) is 0 Å². The van der Waals surface area contributed by atoms with Crippen LogP contribution in [0.5, 0.6) is 5.88 Å². The molecule has 1 atom stereocenters. The third-order valence-corrected chi connectivity index (χ3v) is 6.47. The first kappa shape index (κ1) is 22.5. The summed E-state index contributed by atoms with van der Waals surface area (Å²) in [5, 5.41) is 0.687. The normalized spacial score (nSPS) is 18.1. The van der Waals surface area contributed by atoms with E-state index < -0.39 is 11.5 Å². The number of fused-ring (bicyclic) bond motifs is 3. The number of imidazole rings is 1. The Hall–Kier alpha value is -3.30. The summed E-state index contributed by atoms with van der Waals surface area (Å²) in [6.07, 6.45) is 4.83. The van der Waals surface area contributed by atoms with Crippen LogP contribution in [-0.2, 0) is 17.5 Å². The van der Waals surface area contributed by atoms with E-state index >= 15 is 4.39 Å². The number of ether oxygens (including phenoxy) is 2. The van der Waals surface area contributed by atoms with Gasteiger partial charge in [-0.1, -0.05) is 0 Å². The highest BCUT2D eigenvalue weighted by Crippen LogP contribution is 2.37. The molecule has 5 rings (SSSR count). The van der Waals surface area contributed by atoms with Gasteiger partial charge in [0.15, 0.2) is 0 Å². The van der Waals surface area contributed by atoms with E-state index in [0.29, 0.717) is 52.2 Å². The Morgan fingerprint density at radius 1 is 1.24 bits per heavy atom. The molecule has 3 aromatic heterocycles. The Bertz CT molecular complexity index is 1420. The molecular weight excluding hydrogens is 437 g/mol. The topological polar surface area (TPSA) is 74.4 Å². The Morgan fingerprint density at radius 2 is 2.03 bits per heavy atom. The van der Waals surface area contributed by atoms with E-state index in [1.165, 1.54) is 6.07 Å². The van der Waals surface area contributed by atoms with Gasteiger partial charge in [0.05, 0.1) is 36.0 Å². The second kappa shape index (κ2) is 8.48. The van der Waals surface area contributed by atoms with E-state index in [1.807, 2.05) is 21.0 Å². The van der Waals surface area contributed by atoms with Crippen LogP contribution in [0.15, 0.2) is 41.5 Å². The molecule has 1 aliphatic heterocycles. The molecule has 178 valence electrons. The van der Waals surface area contributed by atoms with Gasteiger partial charge in [-0.2, -0.15) is 0 Å². The van der Waals surface area contributed by atoms with Crippen LogP contribution in [0.2, 0.25) is 0 Å². The smallest absolute Gasteiger partial charge is 0.331 e. The standard InChI is InChI=1S/C25H28FN5O3/c1-25(8-11-34-25)31-23-18-12-17(16-6-7-22(28-14-16)33-10-5-9-29(2)3)19(26)13-20(18)27-15-21(23)30(4)24(31)32/h6-7,12-15H,5,8-11H2,1-4H3. The number of hydrogen-bond acceptors (Lipinski definition) is 6. The SMILES string of the molecule is CN(C)CCCOc1ccc(-c2cc3c(cc2F)ncc2c3n(C3(C)CCO3)c(=O)n2C)cn1. The number of aromatic nitrogens is 4. The molecule has 0 amide bonds. The lowest BCUT2D eigenvalue weighted by Gasteiger charge is -2.39. The van der Waals surface area contributed by atoms with Crippen LogP contribution in [0.25, 0.3) is 33.1 Å². The molecule has 0 bridgehead atoms. The molecule has 0 saturated carbocycles. The van der Waals surface area contributed by atoms with Crippen LogP contribution in [0, 0.1) is 5.82 Å². The Morgan fingerprint density at radius 3 is 2.68 bits per heavy atom. The largest absolute Gasteiger partial charge is 0.478 e. The maximum absolute atomic E-state index is 15.1. The van der Waals surface area contributed by atoms with Crippen molar-refractivity contribution in [3.63, 3.8) is 0 Å². The number of benzene rings is 1. The highest BCUT2D eigenvalue weighted by Gasteiger charge is 2.39. The summed E-state index contributed by atoms with van der Waals surface area (Å²) in [6.45, 7) is 3.98. The molecule has 1 saturated heterocycles. The lowest BCUT2D eigenvalue weighted by Crippen LogP contribution is -2.48. The van der Waals surface area contributed by atoms with Crippen molar-refractivity contribution in [3.8, 4) is 17.0 Å². The maximum atomic E-state index is 15.1. The molecule has 4 aromatic rings. The van der Waals surface area contributed by atoms with Gasteiger partial charge in [-0.3, -0.25) is 14.1 Å². The van der Waals surface area contributed by atoms with E-state index in [1.54, 1.807) is 46.8 Å². The molecule has 1 aromatic carbocycles. The Balaban J connectivity index is 1.56. The zero-order valence-electron chi connectivity index (χ0n) is 19.8.